The van der Waals surface area contributed by atoms with Crippen molar-refractivity contribution in [3.63, 3.8) is 0 Å². The third kappa shape index (κ3) is 8.25. The van der Waals surface area contributed by atoms with E-state index in [2.05, 4.69) is 10.1 Å². The SMILES string of the molecule is CCOC(=O)c1cccc(S(=O)(=O)N(C(=O)[C@H](Cc2ccc(-c3ccno3)cc2)N(C)C(=O)c2cc(C)cc(C)c2)[C@@H](Cc2c[nH]c3ccccc23)C(N)=O)c1. The van der Waals surface area contributed by atoms with Crippen LogP contribution in [0.15, 0.2) is 119 Å². The number of nitrogens with zero attached hydrogens (tertiary/aromatic N) is 3. The van der Waals surface area contributed by atoms with Crippen molar-refractivity contribution in [1.82, 2.24) is 19.3 Å². The van der Waals surface area contributed by atoms with Gasteiger partial charge in [-0.1, -0.05) is 70.9 Å². The number of ether oxygens (including phenoxy) is 1. The fraction of sp³-hybridized carbons (Fsp3) is 0.214. The minimum Gasteiger partial charge on any atom is -0.462 e. The maximum Gasteiger partial charge on any atom is 0.338 e. The van der Waals surface area contributed by atoms with Crippen molar-refractivity contribution in [2.45, 2.75) is 50.6 Å². The summed E-state index contributed by atoms with van der Waals surface area (Å²) in [6.07, 6.45) is 2.68. The van der Waals surface area contributed by atoms with Gasteiger partial charge in [-0.2, -0.15) is 0 Å². The number of aromatic amines is 1. The number of aromatic nitrogens is 2. The standard InChI is InChI=1S/C42H41N5O8S/c1-5-54-42(51)30-9-8-10-33(23-30)56(52,53)47(36(39(43)48)24-32-25-44-35-12-7-6-11-34(32)35)41(50)37(46(4)40(49)31-20-26(2)19-27(3)21-31)22-28-13-15-29(16-14-28)38-17-18-45-55-38/h6-21,23,25,36-37,44H,5,22,24H2,1-4H3,(H2,43,48)/t36-,37-/m0/s1. The minimum absolute atomic E-state index is 0.0384. The molecule has 0 saturated heterocycles. The number of aryl methyl sites for hydroxylation is 2. The van der Waals surface area contributed by atoms with Crippen LogP contribution in [0.25, 0.3) is 22.2 Å². The van der Waals surface area contributed by atoms with Gasteiger partial charge in [0.05, 0.1) is 23.3 Å². The molecule has 0 saturated carbocycles. The highest BCUT2D eigenvalue weighted by atomic mass is 32.2. The molecule has 13 nitrogen and oxygen atoms in total. The second kappa shape index (κ2) is 16.4. The Balaban J connectivity index is 1.50. The van der Waals surface area contributed by atoms with Crippen LogP contribution in [0.1, 0.15) is 49.9 Å². The molecule has 0 aliphatic carbocycles. The Bertz CT molecular complexity index is 2490. The Labute approximate surface area is 324 Å². The van der Waals surface area contributed by atoms with Crippen LogP contribution in [0.5, 0.6) is 0 Å². The zero-order chi connectivity index (χ0) is 40.1. The molecular weight excluding hydrogens is 735 g/mol. The van der Waals surface area contributed by atoms with Crippen LogP contribution in [0.4, 0.5) is 0 Å². The van der Waals surface area contributed by atoms with Crippen molar-refractivity contribution in [2.24, 2.45) is 5.73 Å². The van der Waals surface area contributed by atoms with E-state index in [1.165, 1.54) is 36.3 Å². The molecule has 6 rings (SSSR count). The molecule has 3 N–H and O–H groups in total. The minimum atomic E-state index is -4.98. The number of carbonyl (C=O) groups is 4. The second-order valence-electron chi connectivity index (χ2n) is 13.5. The van der Waals surface area contributed by atoms with E-state index in [4.69, 9.17) is 15.0 Å². The van der Waals surface area contributed by atoms with Gasteiger partial charge in [0.2, 0.25) is 5.91 Å². The van der Waals surface area contributed by atoms with Gasteiger partial charge in [-0.3, -0.25) is 14.4 Å². The molecule has 0 unspecified atom stereocenters. The van der Waals surface area contributed by atoms with Gasteiger partial charge in [-0.15, -0.1) is 0 Å². The number of para-hydroxylation sites is 1. The summed E-state index contributed by atoms with van der Waals surface area (Å²) in [6.45, 7) is 5.32. The number of hydrogen-bond acceptors (Lipinski definition) is 9. The monoisotopic (exact) mass is 775 g/mol. The van der Waals surface area contributed by atoms with E-state index in [1.807, 2.05) is 32.0 Å². The van der Waals surface area contributed by atoms with E-state index in [9.17, 15) is 22.8 Å². The van der Waals surface area contributed by atoms with Gasteiger partial charge < -0.3 is 24.9 Å². The molecule has 0 fully saturated rings. The summed E-state index contributed by atoms with van der Waals surface area (Å²) in [4.78, 5) is 59.7. The van der Waals surface area contributed by atoms with Crippen molar-refractivity contribution in [3.05, 3.63) is 143 Å². The second-order valence-corrected chi connectivity index (χ2v) is 15.3. The maximum atomic E-state index is 15.3. The van der Waals surface area contributed by atoms with E-state index in [0.29, 0.717) is 32.1 Å². The van der Waals surface area contributed by atoms with E-state index in [0.717, 1.165) is 22.7 Å². The number of rotatable bonds is 14. The number of primary amides is 1. The summed E-state index contributed by atoms with van der Waals surface area (Å²) < 4.78 is 40.8. The molecule has 0 radical (unpaired) electrons. The Morgan fingerprint density at radius 3 is 2.23 bits per heavy atom. The van der Waals surface area contributed by atoms with Gasteiger partial charge >= 0.3 is 5.97 Å². The molecule has 4 aromatic carbocycles. The lowest BCUT2D eigenvalue weighted by Crippen LogP contribution is -2.58. The number of benzene rings is 4. The van der Waals surface area contributed by atoms with Gasteiger partial charge in [-0.05, 0) is 68.3 Å². The van der Waals surface area contributed by atoms with E-state index in [-0.39, 0.29) is 30.6 Å². The number of esters is 1. The predicted molar refractivity (Wildman–Crippen MR) is 209 cm³/mol. The molecule has 14 heteroatoms. The molecule has 288 valence electrons. The number of H-pyrrole nitrogens is 1. The number of likely N-dealkylation sites (N-methyl/N-ethyl adjacent to an activating group) is 1. The van der Waals surface area contributed by atoms with Crippen LogP contribution in [0.3, 0.4) is 0 Å². The van der Waals surface area contributed by atoms with Gasteiger partial charge in [-0.25, -0.2) is 17.5 Å². The first kappa shape index (κ1) is 39.2. The molecule has 3 amide bonds. The van der Waals surface area contributed by atoms with Crippen molar-refractivity contribution in [1.29, 1.82) is 0 Å². The van der Waals surface area contributed by atoms with Crippen molar-refractivity contribution in [2.75, 3.05) is 13.7 Å². The normalized spacial score (nSPS) is 12.5. The van der Waals surface area contributed by atoms with Gasteiger partial charge in [0.1, 0.15) is 12.1 Å². The molecule has 2 atom stereocenters. The molecule has 6 aromatic rings. The number of fused-ring (bicyclic) bond motifs is 1. The maximum absolute atomic E-state index is 15.3. The van der Waals surface area contributed by atoms with Crippen LogP contribution in [0, 0.1) is 13.8 Å². The highest BCUT2D eigenvalue weighted by molar-refractivity contribution is 7.89. The van der Waals surface area contributed by atoms with Crippen LogP contribution in [0.2, 0.25) is 0 Å². The lowest BCUT2D eigenvalue weighted by Gasteiger charge is -2.35. The summed E-state index contributed by atoms with van der Waals surface area (Å²) >= 11 is 0. The molecule has 56 heavy (non-hydrogen) atoms. The van der Waals surface area contributed by atoms with Crippen molar-refractivity contribution in [3.8, 4) is 11.3 Å². The van der Waals surface area contributed by atoms with Crippen LogP contribution >= 0.6 is 0 Å². The first-order chi connectivity index (χ1) is 26.8. The zero-order valence-electron chi connectivity index (χ0n) is 31.3. The number of sulfonamides is 1. The number of nitrogens with two attached hydrogens (primary N) is 1. The fourth-order valence-corrected chi connectivity index (χ4v) is 8.36. The third-order valence-corrected chi connectivity index (χ3v) is 11.3. The lowest BCUT2D eigenvalue weighted by atomic mass is 9.99. The summed E-state index contributed by atoms with van der Waals surface area (Å²) in [5.41, 5.74) is 10.4. The molecule has 0 aliphatic heterocycles. The Hall–Kier alpha value is -6.54. The van der Waals surface area contributed by atoms with Crippen LogP contribution < -0.4 is 5.73 Å². The van der Waals surface area contributed by atoms with Gasteiger partial charge in [0.25, 0.3) is 21.8 Å². The number of nitrogens with one attached hydrogen (secondary N) is 1. The molecule has 0 bridgehead atoms. The van der Waals surface area contributed by atoms with E-state index in [1.54, 1.807) is 67.7 Å². The topological polar surface area (TPSA) is 186 Å². The highest BCUT2D eigenvalue weighted by Crippen LogP contribution is 2.29. The zero-order valence-corrected chi connectivity index (χ0v) is 32.1. The van der Waals surface area contributed by atoms with Gasteiger partial charge in [0.15, 0.2) is 5.76 Å². The molecule has 0 spiro atoms. The summed E-state index contributed by atoms with van der Waals surface area (Å²) in [5.74, 6) is -3.02. The van der Waals surface area contributed by atoms with E-state index < -0.39 is 50.7 Å². The summed E-state index contributed by atoms with van der Waals surface area (Å²) in [7, 11) is -3.56. The average Bonchev–Trinajstić information content (AvgIpc) is 3.87. The lowest BCUT2D eigenvalue weighted by molar-refractivity contribution is -0.137. The largest absolute Gasteiger partial charge is 0.462 e. The highest BCUT2D eigenvalue weighted by Gasteiger charge is 2.44. The predicted octanol–water partition coefficient (Wildman–Crippen LogP) is 5.61. The summed E-state index contributed by atoms with van der Waals surface area (Å²) in [6, 6.07) is 22.9. The molecular formula is C42H41N5O8S. The molecule has 2 heterocycles. The van der Waals surface area contributed by atoms with Crippen molar-refractivity contribution >= 4 is 44.6 Å². The van der Waals surface area contributed by atoms with Crippen LogP contribution in [-0.2, 0) is 37.2 Å². The fourth-order valence-electron chi connectivity index (χ4n) is 6.73. The van der Waals surface area contributed by atoms with Crippen LogP contribution in [-0.4, -0.2) is 77.2 Å². The van der Waals surface area contributed by atoms with E-state index >= 15 is 4.79 Å². The Morgan fingerprint density at radius 1 is 0.857 bits per heavy atom. The number of amides is 3. The smallest absolute Gasteiger partial charge is 0.338 e. The quantitative estimate of drug-likeness (QED) is 0.133. The Morgan fingerprint density at radius 2 is 1.57 bits per heavy atom. The summed E-state index contributed by atoms with van der Waals surface area (Å²) in [5, 5.41) is 4.44. The van der Waals surface area contributed by atoms with Gasteiger partial charge in [0, 0.05) is 54.2 Å². The molecule has 0 aliphatic rings. The first-order valence-corrected chi connectivity index (χ1v) is 19.3. The third-order valence-electron chi connectivity index (χ3n) is 9.47. The number of hydrogen-bond donors (Lipinski definition) is 2. The average molecular weight is 776 g/mol. The molecule has 2 aromatic heterocycles. The Kier molecular flexibility index (Phi) is 11.5. The first-order valence-electron chi connectivity index (χ1n) is 17.8. The van der Waals surface area contributed by atoms with Crippen molar-refractivity contribution < 1.29 is 36.9 Å². The number of carbonyl (C=O) groups excluding carboxylic acids is 4.